The van der Waals surface area contributed by atoms with Crippen molar-refractivity contribution < 1.29 is 22.3 Å². The van der Waals surface area contributed by atoms with Crippen molar-refractivity contribution >= 4 is 33.7 Å². The molecule has 1 aliphatic carbocycles. The summed E-state index contributed by atoms with van der Waals surface area (Å²) in [7, 11) is -1.64. The van der Waals surface area contributed by atoms with Crippen molar-refractivity contribution in [3.8, 4) is 22.6 Å². The molecule has 1 saturated carbocycles. The maximum Gasteiger partial charge on any atom is 0.407 e. The van der Waals surface area contributed by atoms with Crippen molar-refractivity contribution in [1.29, 1.82) is 0 Å². The molecule has 2 aromatic heterocycles. The second kappa shape index (κ2) is 11.0. The molecule has 1 aliphatic rings. The van der Waals surface area contributed by atoms with Crippen molar-refractivity contribution in [2.75, 3.05) is 26.0 Å². The maximum absolute atomic E-state index is 15.6. The van der Waals surface area contributed by atoms with Crippen LogP contribution in [0.5, 0.6) is 0 Å². The van der Waals surface area contributed by atoms with Gasteiger partial charge in [0.1, 0.15) is 16.4 Å². The highest BCUT2D eigenvalue weighted by atomic mass is 35.5. The molecule has 0 saturated heterocycles. The number of nitrogens with zero attached hydrogens (tertiary/aromatic N) is 3. The molecule has 3 aromatic rings. The fourth-order valence-corrected chi connectivity index (χ4v) is 4.96. The number of aromatic amines is 1. The summed E-state index contributed by atoms with van der Waals surface area (Å²) in [6.45, 7) is 2.10. The SMILES string of the molecule is CNS(=O)(=O)c1cc(Cl)cc(-c2nc(C3CCC3)[nH]c2-c2ccnc(NC[C@H](C)NC(=O)OC)n2)c1F. The summed E-state index contributed by atoms with van der Waals surface area (Å²) in [4.78, 5) is 27.5. The zero-order chi connectivity index (χ0) is 26.7. The van der Waals surface area contributed by atoms with E-state index < -0.39 is 26.8 Å². The lowest BCUT2D eigenvalue weighted by atomic mass is 9.85. The van der Waals surface area contributed by atoms with Gasteiger partial charge < -0.3 is 20.4 Å². The number of anilines is 1. The number of ether oxygens (including phenoxy) is 1. The van der Waals surface area contributed by atoms with Gasteiger partial charge in [0.2, 0.25) is 16.0 Å². The van der Waals surface area contributed by atoms with Crippen LogP contribution in [0.1, 0.15) is 37.9 Å². The summed E-state index contributed by atoms with van der Waals surface area (Å²) in [5.74, 6) is 0.145. The van der Waals surface area contributed by atoms with Crippen LogP contribution in [0.15, 0.2) is 29.3 Å². The van der Waals surface area contributed by atoms with Gasteiger partial charge in [0.15, 0.2) is 5.82 Å². The fraction of sp³-hybridized carbons (Fsp3) is 0.391. The number of sulfonamides is 1. The van der Waals surface area contributed by atoms with Crippen molar-refractivity contribution in [3.05, 3.63) is 41.1 Å². The van der Waals surface area contributed by atoms with E-state index in [-0.39, 0.29) is 34.2 Å². The number of halogens is 2. The molecule has 2 heterocycles. The van der Waals surface area contributed by atoms with E-state index in [2.05, 4.69) is 40.0 Å². The van der Waals surface area contributed by atoms with Crippen molar-refractivity contribution in [2.45, 2.75) is 43.0 Å². The average molecular weight is 552 g/mol. The molecule has 0 radical (unpaired) electrons. The Balaban J connectivity index is 1.74. The number of alkyl carbamates (subject to hydrolysis) is 1. The molecule has 11 nitrogen and oxygen atoms in total. The first-order valence-electron chi connectivity index (χ1n) is 11.6. The Bertz CT molecular complexity index is 1410. The molecule has 1 aromatic carbocycles. The first-order chi connectivity index (χ1) is 17.6. The van der Waals surface area contributed by atoms with Crippen LogP contribution in [0.4, 0.5) is 15.1 Å². The first kappa shape index (κ1) is 26.8. The van der Waals surface area contributed by atoms with E-state index in [0.717, 1.165) is 25.3 Å². The molecular formula is C23H27ClFN7O4S. The topological polar surface area (TPSA) is 151 Å². The lowest BCUT2D eigenvalue weighted by Gasteiger charge is -2.22. The Labute approximate surface area is 218 Å². The molecule has 0 bridgehead atoms. The number of carbonyl (C=O) groups excluding carboxylic acids is 1. The van der Waals surface area contributed by atoms with Crippen LogP contribution in [0.25, 0.3) is 22.6 Å². The number of benzene rings is 1. The highest BCUT2D eigenvalue weighted by Gasteiger charge is 2.29. The molecule has 4 rings (SSSR count). The number of amides is 1. The van der Waals surface area contributed by atoms with E-state index in [4.69, 9.17) is 11.6 Å². The summed E-state index contributed by atoms with van der Waals surface area (Å²) in [5, 5.41) is 5.72. The molecule has 1 fully saturated rings. The number of hydrogen-bond acceptors (Lipinski definition) is 8. The Morgan fingerprint density at radius 1 is 1.32 bits per heavy atom. The van der Waals surface area contributed by atoms with Crippen LogP contribution < -0.4 is 15.4 Å². The van der Waals surface area contributed by atoms with Gasteiger partial charge in [0.05, 0.1) is 18.5 Å². The summed E-state index contributed by atoms with van der Waals surface area (Å²) in [6, 6.07) is 3.76. The number of hydrogen-bond donors (Lipinski definition) is 4. The second-order valence-corrected chi connectivity index (χ2v) is 10.9. The van der Waals surface area contributed by atoms with E-state index in [1.165, 1.54) is 26.4 Å². The molecule has 1 amide bonds. The maximum atomic E-state index is 15.6. The number of H-pyrrole nitrogens is 1. The molecular weight excluding hydrogens is 525 g/mol. The van der Waals surface area contributed by atoms with E-state index in [0.29, 0.717) is 23.8 Å². The highest BCUT2D eigenvalue weighted by Crippen LogP contribution is 2.40. The number of rotatable bonds is 9. The standard InChI is InChI=1S/C23H27ClFN7O4S/c1-12(29-23(33)36-3)11-28-22-27-8-7-16(30-22)20-19(31-21(32-20)13-5-4-6-13)15-9-14(24)10-17(18(15)25)37(34,35)26-2/h7-10,12-13,26H,4-6,11H2,1-3H3,(H,29,33)(H,31,32)(H,27,28,30)/t12-/m0/s1. The van der Waals surface area contributed by atoms with E-state index in [9.17, 15) is 13.2 Å². The normalized spacial score (nSPS) is 14.6. The number of carbonyl (C=O) groups is 1. The number of imidazole rings is 1. The summed E-state index contributed by atoms with van der Waals surface area (Å²) >= 11 is 6.21. The second-order valence-electron chi connectivity index (χ2n) is 8.63. The number of aromatic nitrogens is 4. The van der Waals surface area contributed by atoms with Crippen LogP contribution in [-0.4, -0.2) is 61.2 Å². The predicted octanol–water partition coefficient (Wildman–Crippen LogP) is 3.66. The quantitative estimate of drug-likeness (QED) is 0.314. The van der Waals surface area contributed by atoms with Crippen LogP contribution in [0.3, 0.4) is 0 Å². The number of nitrogens with one attached hydrogen (secondary N) is 4. The Hall–Kier alpha value is -3.29. The van der Waals surface area contributed by atoms with Crippen LogP contribution in [0.2, 0.25) is 5.02 Å². The summed E-state index contributed by atoms with van der Waals surface area (Å²) in [6.07, 6.45) is 3.91. The molecule has 14 heteroatoms. The third-order valence-electron chi connectivity index (χ3n) is 6.06. The minimum Gasteiger partial charge on any atom is -0.453 e. The Kier molecular flexibility index (Phi) is 7.95. The van der Waals surface area contributed by atoms with Crippen molar-refractivity contribution in [2.24, 2.45) is 0 Å². The molecule has 4 N–H and O–H groups in total. The fourth-order valence-electron chi connectivity index (χ4n) is 3.83. The lowest BCUT2D eigenvalue weighted by molar-refractivity contribution is 0.168. The van der Waals surface area contributed by atoms with Gasteiger partial charge in [-0.1, -0.05) is 18.0 Å². The van der Waals surface area contributed by atoms with Crippen molar-refractivity contribution in [1.82, 2.24) is 30.0 Å². The molecule has 37 heavy (non-hydrogen) atoms. The van der Waals surface area contributed by atoms with E-state index >= 15 is 4.39 Å². The predicted molar refractivity (Wildman–Crippen MR) is 136 cm³/mol. The molecule has 0 unspecified atom stereocenters. The van der Waals surface area contributed by atoms with Crippen molar-refractivity contribution in [3.63, 3.8) is 0 Å². The Morgan fingerprint density at radius 2 is 2.08 bits per heavy atom. The van der Waals surface area contributed by atoms with Gasteiger partial charge in [-0.3, -0.25) is 0 Å². The molecule has 1 atom stereocenters. The van der Waals surface area contributed by atoms with Gasteiger partial charge in [-0.25, -0.2) is 37.3 Å². The monoisotopic (exact) mass is 551 g/mol. The highest BCUT2D eigenvalue weighted by molar-refractivity contribution is 7.89. The third-order valence-corrected chi connectivity index (χ3v) is 7.69. The lowest BCUT2D eigenvalue weighted by Crippen LogP contribution is -2.37. The smallest absolute Gasteiger partial charge is 0.407 e. The van der Waals surface area contributed by atoms with Crippen LogP contribution >= 0.6 is 11.6 Å². The average Bonchev–Trinajstić information content (AvgIpc) is 3.27. The third kappa shape index (κ3) is 5.84. The van der Waals surface area contributed by atoms with E-state index in [1.807, 2.05) is 0 Å². The zero-order valence-electron chi connectivity index (χ0n) is 20.4. The summed E-state index contributed by atoms with van der Waals surface area (Å²) < 4.78 is 47.2. The molecule has 0 aliphatic heterocycles. The number of methoxy groups -OCH3 is 1. The van der Waals surface area contributed by atoms with Crippen LogP contribution in [-0.2, 0) is 14.8 Å². The van der Waals surface area contributed by atoms with Crippen LogP contribution in [0, 0.1) is 5.82 Å². The van der Waals surface area contributed by atoms with Gasteiger partial charge in [0.25, 0.3) is 0 Å². The largest absolute Gasteiger partial charge is 0.453 e. The van der Waals surface area contributed by atoms with Gasteiger partial charge >= 0.3 is 6.09 Å². The van der Waals surface area contributed by atoms with Gasteiger partial charge in [-0.15, -0.1) is 0 Å². The zero-order valence-corrected chi connectivity index (χ0v) is 22.0. The minimum absolute atomic E-state index is 0.0431. The van der Waals surface area contributed by atoms with Gasteiger partial charge in [-0.05, 0) is 45.0 Å². The Morgan fingerprint density at radius 3 is 2.73 bits per heavy atom. The van der Waals surface area contributed by atoms with E-state index in [1.54, 1.807) is 13.0 Å². The van der Waals surface area contributed by atoms with Gasteiger partial charge in [0, 0.05) is 35.3 Å². The molecule has 0 spiro atoms. The molecule has 198 valence electrons. The first-order valence-corrected chi connectivity index (χ1v) is 13.4. The van der Waals surface area contributed by atoms with Gasteiger partial charge in [-0.2, -0.15) is 0 Å². The summed E-state index contributed by atoms with van der Waals surface area (Å²) in [5.41, 5.74) is 0.945. The minimum atomic E-state index is -4.12.